The Kier molecular flexibility index (Phi) is 15.7. The first kappa shape index (κ1) is 51.4. The number of carbonyl (C=O) groups excluding carboxylic acids is 3. The van der Waals surface area contributed by atoms with Gasteiger partial charge in [0.1, 0.15) is 24.0 Å². The number of allylic oxidation sites excluding steroid dienone is 4. The molecule has 0 radical (unpaired) electrons. The van der Waals surface area contributed by atoms with Gasteiger partial charge in [0.15, 0.2) is 17.7 Å². The van der Waals surface area contributed by atoms with Crippen molar-refractivity contribution in [3.05, 3.63) is 23.8 Å². The Morgan fingerprint density at radius 2 is 1.70 bits per heavy atom. The van der Waals surface area contributed by atoms with Gasteiger partial charge in [-0.05, 0) is 139 Å². The van der Waals surface area contributed by atoms with Crippen molar-refractivity contribution in [2.75, 3.05) is 19.6 Å². The van der Waals surface area contributed by atoms with E-state index in [2.05, 4.69) is 5.32 Å². The molecule has 0 aromatic heterocycles. The summed E-state index contributed by atoms with van der Waals surface area (Å²) in [5.41, 5.74) is -5.78. The quantitative estimate of drug-likeness (QED) is 0.105. The molecule has 64 heavy (non-hydrogen) atoms. The number of alkyl halides is 2. The number of esters is 1. The van der Waals surface area contributed by atoms with Crippen LogP contribution in [0.15, 0.2) is 23.8 Å². The van der Waals surface area contributed by atoms with Gasteiger partial charge in [0.05, 0.1) is 35.2 Å². The summed E-state index contributed by atoms with van der Waals surface area (Å²) in [6.45, 7) is 17.1. The lowest BCUT2D eigenvalue weighted by atomic mass is 9.45. The van der Waals surface area contributed by atoms with Crippen molar-refractivity contribution < 1.29 is 58.5 Å². The largest absolute Gasteiger partial charge is 0.459 e. The van der Waals surface area contributed by atoms with Crippen LogP contribution in [0.25, 0.3) is 0 Å². The average molecular weight is 926 g/mol. The van der Waals surface area contributed by atoms with Crippen LogP contribution in [0.4, 0.5) is 4.39 Å². The smallest absolute Gasteiger partial charge is 0.309 e. The highest BCUT2D eigenvalue weighted by Gasteiger charge is 2.75. The van der Waals surface area contributed by atoms with Gasteiger partial charge >= 0.3 is 5.97 Å². The van der Waals surface area contributed by atoms with Crippen LogP contribution in [-0.4, -0.2) is 139 Å². The summed E-state index contributed by atoms with van der Waals surface area (Å²) in [6.07, 6.45) is 2.07. The molecule has 0 bridgehead atoms. The predicted octanol–water partition coefficient (Wildman–Crippen LogP) is 5.30. The molecular formula is C49H78ClFN2O11. The first-order valence-electron chi connectivity index (χ1n) is 24.2. The third kappa shape index (κ3) is 9.04. The predicted molar refractivity (Wildman–Crippen MR) is 240 cm³/mol. The highest BCUT2D eigenvalue weighted by Crippen LogP contribution is 2.71. The first-order chi connectivity index (χ1) is 29.9. The normalized spacial score (nSPS) is 48.5. The van der Waals surface area contributed by atoms with Crippen molar-refractivity contribution in [1.29, 1.82) is 0 Å². The van der Waals surface area contributed by atoms with E-state index in [1.165, 1.54) is 19.1 Å². The molecule has 15 heteroatoms. The zero-order valence-corrected chi connectivity index (χ0v) is 40.4. The zero-order valence-electron chi connectivity index (χ0n) is 39.6. The zero-order chi connectivity index (χ0) is 47.3. The average Bonchev–Trinajstić information content (AvgIpc) is 3.44. The number of carbonyl (C=O) groups is 3. The number of cyclic esters (lactones) is 1. The number of nitrogens with one attached hydrogen (secondary N) is 1. The molecule has 0 aromatic rings. The van der Waals surface area contributed by atoms with Crippen LogP contribution in [0.3, 0.4) is 0 Å². The van der Waals surface area contributed by atoms with Gasteiger partial charge in [0.25, 0.3) is 5.91 Å². The van der Waals surface area contributed by atoms with Crippen molar-refractivity contribution in [3.63, 3.8) is 0 Å². The maximum absolute atomic E-state index is 16.1. The van der Waals surface area contributed by atoms with E-state index in [9.17, 15) is 39.9 Å². The lowest BCUT2D eigenvalue weighted by molar-refractivity contribution is -0.236. The summed E-state index contributed by atoms with van der Waals surface area (Å²) in [7, 11) is 0. The number of aliphatic hydroxyl groups is 5. The number of ether oxygens (including phenoxy) is 3. The molecule has 1 amide bonds. The number of fused-ring (bicyclic) bond motifs is 5. The number of halogens is 2. The van der Waals surface area contributed by atoms with Crippen LogP contribution in [0, 0.1) is 40.4 Å². The fraction of sp³-hybridized carbons (Fsp3) is 0.857. The Hall–Kier alpha value is -2.01. The van der Waals surface area contributed by atoms with Gasteiger partial charge in [-0.25, -0.2) is 4.39 Å². The summed E-state index contributed by atoms with van der Waals surface area (Å²) in [4.78, 5) is 40.8. The SMILES string of the molecule is CC[C@H]1OC(=O)[C@H](C)C[C@H](C)C(OC2CCCC(C)O2)[C@H](O)CCCN(CCCNC(=O)[C@@]2(O)[C@H](C)CC3C4C[C@H](F)C5=CC(=O)C=C[C@]5(C)[C@@]4(Cl)[C@@H](O)C[C@@]32C)[C@H](C)[C@@H](O)[C@]1(C)O. The molecule has 0 aromatic carbocycles. The van der Waals surface area contributed by atoms with Gasteiger partial charge in [-0.15, -0.1) is 11.6 Å². The number of ketones is 1. The molecule has 6 rings (SSSR count). The minimum absolute atomic E-state index is 0.00699. The van der Waals surface area contributed by atoms with Crippen molar-refractivity contribution in [2.24, 2.45) is 40.4 Å². The Balaban J connectivity index is 1.17. The van der Waals surface area contributed by atoms with Crippen molar-refractivity contribution >= 4 is 29.3 Å². The molecule has 0 spiro atoms. The second-order valence-electron chi connectivity index (χ2n) is 21.4. The highest BCUT2D eigenvalue weighted by atomic mass is 35.5. The second-order valence-corrected chi connectivity index (χ2v) is 22.0. The fourth-order valence-electron chi connectivity index (χ4n) is 13.2. The van der Waals surface area contributed by atoms with Gasteiger partial charge in [-0.1, -0.05) is 47.6 Å². The van der Waals surface area contributed by atoms with E-state index < -0.39 is 111 Å². The molecule has 5 fully saturated rings. The van der Waals surface area contributed by atoms with Crippen LogP contribution < -0.4 is 5.32 Å². The van der Waals surface area contributed by atoms with E-state index in [1.54, 1.807) is 47.6 Å². The van der Waals surface area contributed by atoms with E-state index in [-0.39, 0.29) is 49.2 Å². The Bertz CT molecular complexity index is 1770. The van der Waals surface area contributed by atoms with Crippen LogP contribution in [0.2, 0.25) is 0 Å². The van der Waals surface area contributed by atoms with Gasteiger partial charge in [0, 0.05) is 30.0 Å². The third-order valence-electron chi connectivity index (χ3n) is 17.1. The molecule has 6 N–H and O–H groups in total. The van der Waals surface area contributed by atoms with Crippen molar-refractivity contribution in [3.8, 4) is 0 Å². The number of aliphatic hydroxyl groups excluding tert-OH is 3. The summed E-state index contributed by atoms with van der Waals surface area (Å²) in [5, 5.41) is 62.9. The highest BCUT2D eigenvalue weighted by molar-refractivity contribution is 6.26. The molecule has 2 heterocycles. The molecular weight excluding hydrogens is 847 g/mol. The van der Waals surface area contributed by atoms with Crippen LogP contribution in [-0.2, 0) is 28.6 Å². The maximum Gasteiger partial charge on any atom is 0.309 e. The number of amides is 1. The molecule has 3 saturated carbocycles. The van der Waals surface area contributed by atoms with E-state index in [0.717, 1.165) is 12.8 Å². The molecule has 5 unspecified atom stereocenters. The van der Waals surface area contributed by atoms with E-state index >= 15 is 4.39 Å². The monoisotopic (exact) mass is 925 g/mol. The number of hydrogen-bond acceptors (Lipinski definition) is 12. The standard InChI is InChI=1S/C49H78ClFN2O11/c1-10-39-47(9,60)42(57)31(6)53(20-12-15-37(55)41(27(2)22-28(3)43(58)63-39)64-40-16-11-14-30(5)62-40)21-13-19-52-44(59)49(61)29(4)23-33-34-25-36(51)35-24-32(54)17-18-45(35,7)48(34,50)38(56)26-46(33,49)8/h17-18,24,27-31,33-34,36-42,55-57,60-61H,10-16,19-23,25-26H2,1-9H3,(H,52,59)/t27-,28+,29+,30?,31+,33?,34?,36-,37+,38-,39+,40?,41?,42+,45-,46-,47+,48-,49-/m0/s1. The molecule has 6 aliphatic rings. The van der Waals surface area contributed by atoms with Crippen LogP contribution in [0.5, 0.6) is 0 Å². The molecule has 2 saturated heterocycles. The summed E-state index contributed by atoms with van der Waals surface area (Å²) < 4.78 is 34.6. The lowest BCUT2D eigenvalue weighted by Crippen LogP contribution is -2.70. The second kappa shape index (κ2) is 19.5. The Morgan fingerprint density at radius 1 is 1.00 bits per heavy atom. The molecule has 13 nitrogen and oxygen atoms in total. The van der Waals surface area contributed by atoms with Crippen molar-refractivity contribution in [2.45, 2.75) is 204 Å². The van der Waals surface area contributed by atoms with E-state index in [4.69, 9.17) is 25.8 Å². The topological polar surface area (TPSA) is 195 Å². The number of hydrogen-bond donors (Lipinski definition) is 6. The molecule has 364 valence electrons. The summed E-state index contributed by atoms with van der Waals surface area (Å²) >= 11 is 7.51. The third-order valence-corrected chi connectivity index (χ3v) is 18.1. The summed E-state index contributed by atoms with van der Waals surface area (Å²) in [5.74, 6) is -3.80. The maximum atomic E-state index is 16.1. The molecule has 2 aliphatic heterocycles. The fourth-order valence-corrected chi connectivity index (χ4v) is 13.7. The first-order valence-corrected chi connectivity index (χ1v) is 24.6. The summed E-state index contributed by atoms with van der Waals surface area (Å²) in [6, 6.07) is -0.649. The van der Waals surface area contributed by atoms with Gasteiger partial charge in [-0.2, -0.15) is 0 Å². The van der Waals surface area contributed by atoms with Crippen LogP contribution >= 0.6 is 11.6 Å². The van der Waals surface area contributed by atoms with E-state index in [1.807, 2.05) is 18.7 Å². The molecule has 4 aliphatic carbocycles. The Labute approximate surface area is 384 Å². The minimum Gasteiger partial charge on any atom is -0.459 e. The van der Waals surface area contributed by atoms with Crippen molar-refractivity contribution in [1.82, 2.24) is 10.2 Å². The van der Waals surface area contributed by atoms with Crippen LogP contribution in [0.1, 0.15) is 133 Å². The molecule has 19 atom stereocenters. The number of rotatable bonds is 8. The lowest BCUT2D eigenvalue weighted by Gasteiger charge is -2.64. The number of nitrogens with zero attached hydrogens (tertiary/aromatic N) is 1. The minimum atomic E-state index is -1.92. The van der Waals surface area contributed by atoms with Gasteiger partial charge < -0.3 is 45.1 Å². The van der Waals surface area contributed by atoms with E-state index in [0.29, 0.717) is 51.6 Å². The Morgan fingerprint density at radius 3 is 2.38 bits per heavy atom. The van der Waals surface area contributed by atoms with Gasteiger partial charge in [0.2, 0.25) is 0 Å². The van der Waals surface area contributed by atoms with Gasteiger partial charge in [-0.3, -0.25) is 19.3 Å².